The van der Waals surface area contributed by atoms with Crippen LogP contribution >= 0.6 is 11.8 Å². The number of hydrogen-bond acceptors (Lipinski definition) is 7. The van der Waals surface area contributed by atoms with E-state index >= 15 is 0 Å². The molecule has 0 aromatic heterocycles. The molecule has 0 saturated carbocycles. The summed E-state index contributed by atoms with van der Waals surface area (Å²) in [5, 5.41) is 5.01. The van der Waals surface area contributed by atoms with E-state index in [-0.39, 0.29) is 0 Å². The van der Waals surface area contributed by atoms with Crippen LogP contribution in [0, 0.1) is 0 Å². The van der Waals surface area contributed by atoms with Crippen molar-refractivity contribution in [1.29, 1.82) is 0 Å². The molecule has 0 bridgehead atoms. The molecule has 0 radical (unpaired) electrons. The molecule has 1 heterocycles. The fourth-order valence-electron chi connectivity index (χ4n) is 2.67. The summed E-state index contributed by atoms with van der Waals surface area (Å²) in [5.74, 6) is -0.511. The molecule has 10 heteroatoms. The van der Waals surface area contributed by atoms with Gasteiger partial charge >= 0.3 is 12.0 Å². The Morgan fingerprint density at radius 1 is 1.25 bits per heavy atom. The van der Waals surface area contributed by atoms with E-state index < -0.39 is 30.6 Å². The Kier molecular flexibility index (Phi) is 8.89. The maximum atomic E-state index is 12.1. The standard InChI is InChI=1S/C18H26N4O5S/c1-28-11-6-15(21-18(19)25)17(24)27-12-16(23)20-13-2-4-14(5-3-13)22-7-9-26-10-8-22/h2-5,15H,6-12H2,1H3,(H,20,23)(H3,19,21,25)/t15-/m0/s1. The van der Waals surface area contributed by atoms with E-state index in [2.05, 4.69) is 15.5 Å². The third kappa shape index (κ3) is 7.28. The summed E-state index contributed by atoms with van der Waals surface area (Å²) in [6.45, 7) is 2.62. The minimum atomic E-state index is -0.870. The molecule has 28 heavy (non-hydrogen) atoms. The van der Waals surface area contributed by atoms with Crippen LogP contribution in [-0.2, 0) is 19.1 Å². The maximum absolute atomic E-state index is 12.1. The first kappa shape index (κ1) is 21.8. The molecule has 154 valence electrons. The lowest BCUT2D eigenvalue weighted by molar-refractivity contribution is -0.149. The number of primary amides is 1. The van der Waals surface area contributed by atoms with E-state index in [9.17, 15) is 14.4 Å². The highest BCUT2D eigenvalue weighted by molar-refractivity contribution is 7.98. The van der Waals surface area contributed by atoms with Crippen molar-refractivity contribution in [2.24, 2.45) is 5.73 Å². The lowest BCUT2D eigenvalue weighted by atomic mass is 10.2. The minimum Gasteiger partial charge on any atom is -0.454 e. The highest BCUT2D eigenvalue weighted by Crippen LogP contribution is 2.19. The topological polar surface area (TPSA) is 123 Å². The summed E-state index contributed by atoms with van der Waals surface area (Å²) in [6.07, 6.45) is 2.25. The molecule has 2 rings (SSSR count). The van der Waals surface area contributed by atoms with Gasteiger partial charge in [-0.2, -0.15) is 11.8 Å². The van der Waals surface area contributed by atoms with Crippen molar-refractivity contribution in [3.8, 4) is 0 Å². The number of thioether (sulfide) groups is 1. The zero-order valence-electron chi connectivity index (χ0n) is 15.8. The number of ether oxygens (including phenoxy) is 2. The van der Waals surface area contributed by atoms with Crippen molar-refractivity contribution in [2.75, 3.05) is 55.1 Å². The lowest BCUT2D eigenvalue weighted by Crippen LogP contribution is -2.45. The fourth-order valence-corrected chi connectivity index (χ4v) is 3.14. The summed E-state index contributed by atoms with van der Waals surface area (Å²) >= 11 is 1.52. The van der Waals surface area contributed by atoms with Crippen molar-refractivity contribution < 1.29 is 23.9 Å². The van der Waals surface area contributed by atoms with Crippen molar-refractivity contribution in [3.05, 3.63) is 24.3 Å². The quantitative estimate of drug-likeness (QED) is 0.515. The van der Waals surface area contributed by atoms with E-state index in [4.69, 9.17) is 15.2 Å². The summed E-state index contributed by atoms with van der Waals surface area (Å²) in [5.41, 5.74) is 6.73. The predicted octanol–water partition coefficient (Wildman–Crippen LogP) is 0.795. The van der Waals surface area contributed by atoms with Gasteiger partial charge in [0.05, 0.1) is 13.2 Å². The monoisotopic (exact) mass is 410 g/mol. The van der Waals surface area contributed by atoms with Crippen LogP contribution in [0.2, 0.25) is 0 Å². The van der Waals surface area contributed by atoms with Gasteiger partial charge in [0.25, 0.3) is 5.91 Å². The zero-order valence-corrected chi connectivity index (χ0v) is 16.6. The van der Waals surface area contributed by atoms with E-state index in [1.54, 1.807) is 12.1 Å². The number of benzene rings is 1. The second kappa shape index (κ2) is 11.4. The number of nitrogens with zero attached hydrogens (tertiary/aromatic N) is 1. The van der Waals surface area contributed by atoms with Gasteiger partial charge in [0.15, 0.2) is 6.61 Å². The van der Waals surface area contributed by atoms with Crippen LogP contribution in [0.5, 0.6) is 0 Å². The van der Waals surface area contributed by atoms with Crippen LogP contribution in [-0.4, -0.2) is 68.9 Å². The average molecular weight is 410 g/mol. The highest BCUT2D eigenvalue weighted by atomic mass is 32.2. The number of hydrogen-bond donors (Lipinski definition) is 3. The largest absolute Gasteiger partial charge is 0.454 e. The maximum Gasteiger partial charge on any atom is 0.329 e. The van der Waals surface area contributed by atoms with Gasteiger partial charge in [-0.1, -0.05) is 0 Å². The molecule has 0 unspecified atom stereocenters. The molecule has 3 amide bonds. The number of carbonyl (C=O) groups excluding carboxylic acids is 3. The van der Waals surface area contributed by atoms with E-state index in [1.165, 1.54) is 11.8 Å². The second-order valence-electron chi connectivity index (χ2n) is 6.14. The summed E-state index contributed by atoms with van der Waals surface area (Å²) < 4.78 is 10.3. The Hall–Kier alpha value is -2.46. The first-order valence-electron chi connectivity index (χ1n) is 8.93. The Bertz CT molecular complexity index is 664. The molecule has 1 atom stereocenters. The summed E-state index contributed by atoms with van der Waals surface area (Å²) in [4.78, 5) is 37.3. The number of esters is 1. The average Bonchev–Trinajstić information content (AvgIpc) is 2.70. The molecule has 9 nitrogen and oxygen atoms in total. The van der Waals surface area contributed by atoms with Gasteiger partial charge in [-0.25, -0.2) is 9.59 Å². The number of anilines is 2. The molecule has 1 fully saturated rings. The first-order valence-corrected chi connectivity index (χ1v) is 10.3. The number of rotatable bonds is 9. The Morgan fingerprint density at radius 2 is 1.93 bits per heavy atom. The third-order valence-corrected chi connectivity index (χ3v) is 4.73. The summed E-state index contributed by atoms with van der Waals surface area (Å²) in [6, 6.07) is 5.74. The molecule has 0 spiro atoms. The van der Waals surface area contributed by atoms with Crippen molar-refractivity contribution in [3.63, 3.8) is 0 Å². The zero-order chi connectivity index (χ0) is 20.4. The van der Waals surface area contributed by atoms with Crippen LogP contribution in [0.4, 0.5) is 16.2 Å². The molecule has 4 N–H and O–H groups in total. The molecule has 1 aliphatic rings. The first-order chi connectivity index (χ1) is 13.5. The number of carbonyl (C=O) groups is 3. The smallest absolute Gasteiger partial charge is 0.329 e. The van der Waals surface area contributed by atoms with Crippen LogP contribution < -0.4 is 21.3 Å². The fraction of sp³-hybridized carbons (Fsp3) is 0.500. The van der Waals surface area contributed by atoms with Crippen molar-refractivity contribution in [2.45, 2.75) is 12.5 Å². The van der Waals surface area contributed by atoms with Gasteiger partial charge in [-0.05, 0) is 42.7 Å². The normalized spacial score (nSPS) is 14.8. The number of nitrogens with two attached hydrogens (primary N) is 1. The number of nitrogens with one attached hydrogen (secondary N) is 2. The van der Waals surface area contributed by atoms with Crippen LogP contribution in [0.1, 0.15) is 6.42 Å². The van der Waals surface area contributed by atoms with Crippen molar-refractivity contribution >= 4 is 41.0 Å². The molecule has 0 aliphatic carbocycles. The molecule has 1 aromatic carbocycles. The van der Waals surface area contributed by atoms with Gasteiger partial charge in [0, 0.05) is 24.5 Å². The SMILES string of the molecule is CSCC[C@H](NC(N)=O)C(=O)OCC(=O)Nc1ccc(N2CCOCC2)cc1. The molecular formula is C18H26N4O5S. The Morgan fingerprint density at radius 3 is 2.54 bits per heavy atom. The molecule has 1 aromatic rings. The number of morpholine rings is 1. The lowest BCUT2D eigenvalue weighted by Gasteiger charge is -2.28. The number of amides is 3. The van der Waals surface area contributed by atoms with Gasteiger partial charge in [0.1, 0.15) is 6.04 Å². The molecule has 1 aliphatic heterocycles. The van der Waals surface area contributed by atoms with Gasteiger partial charge in [-0.3, -0.25) is 4.79 Å². The minimum absolute atomic E-state index is 0.369. The Labute approximate surface area is 168 Å². The highest BCUT2D eigenvalue weighted by Gasteiger charge is 2.22. The molecule has 1 saturated heterocycles. The van der Waals surface area contributed by atoms with Crippen molar-refractivity contribution in [1.82, 2.24) is 5.32 Å². The van der Waals surface area contributed by atoms with E-state index in [0.717, 1.165) is 18.8 Å². The molecular weight excluding hydrogens is 384 g/mol. The predicted molar refractivity (Wildman–Crippen MR) is 109 cm³/mol. The van der Waals surface area contributed by atoms with Crippen LogP contribution in [0.25, 0.3) is 0 Å². The van der Waals surface area contributed by atoms with Crippen LogP contribution in [0.15, 0.2) is 24.3 Å². The second-order valence-corrected chi connectivity index (χ2v) is 7.13. The number of urea groups is 1. The van der Waals surface area contributed by atoms with E-state index in [1.807, 2.05) is 18.4 Å². The third-order valence-electron chi connectivity index (χ3n) is 4.08. The van der Waals surface area contributed by atoms with E-state index in [0.29, 0.717) is 31.1 Å². The van der Waals surface area contributed by atoms with Gasteiger partial charge in [0.2, 0.25) is 0 Å². The van der Waals surface area contributed by atoms with Gasteiger partial charge < -0.3 is 30.7 Å². The summed E-state index contributed by atoms with van der Waals surface area (Å²) in [7, 11) is 0. The van der Waals surface area contributed by atoms with Crippen LogP contribution in [0.3, 0.4) is 0 Å². The van der Waals surface area contributed by atoms with Gasteiger partial charge in [-0.15, -0.1) is 0 Å². The Balaban J connectivity index is 1.80.